The number of halogens is 1. The minimum Gasteiger partial charge on any atom is -0.370 e. The Balaban J connectivity index is 2.26. The van der Waals surface area contributed by atoms with Gasteiger partial charge in [-0.3, -0.25) is 0 Å². The summed E-state index contributed by atoms with van der Waals surface area (Å²) in [7, 11) is 0. The Bertz CT molecular complexity index is 428. The Labute approximate surface area is 109 Å². The van der Waals surface area contributed by atoms with Crippen molar-refractivity contribution in [1.29, 1.82) is 5.26 Å². The first kappa shape index (κ1) is 11.8. The van der Waals surface area contributed by atoms with Gasteiger partial charge in [0.05, 0.1) is 11.6 Å². The molecule has 0 spiro atoms. The van der Waals surface area contributed by atoms with E-state index >= 15 is 0 Å². The van der Waals surface area contributed by atoms with Crippen LogP contribution >= 0.6 is 27.7 Å². The molecule has 0 radical (unpaired) electrons. The summed E-state index contributed by atoms with van der Waals surface area (Å²) < 4.78 is 0.979. The monoisotopic (exact) mass is 296 g/mol. The van der Waals surface area contributed by atoms with E-state index in [9.17, 15) is 0 Å². The molecule has 1 aliphatic rings. The Morgan fingerprint density at radius 1 is 1.50 bits per heavy atom. The highest BCUT2D eigenvalue weighted by Crippen LogP contribution is 2.27. The van der Waals surface area contributed by atoms with Crippen molar-refractivity contribution in [3.63, 3.8) is 0 Å². The topological polar surface area (TPSA) is 27.0 Å². The molecule has 1 fully saturated rings. The molecule has 1 atom stereocenters. The summed E-state index contributed by atoms with van der Waals surface area (Å²) in [4.78, 5) is 2.35. The first-order valence-corrected chi connectivity index (χ1v) is 7.10. The molecule has 1 heterocycles. The van der Waals surface area contributed by atoms with Gasteiger partial charge in [0.15, 0.2) is 0 Å². The highest BCUT2D eigenvalue weighted by molar-refractivity contribution is 9.10. The number of thioether (sulfide) groups is 1. The number of nitriles is 1. The quantitative estimate of drug-likeness (QED) is 0.796. The Morgan fingerprint density at radius 2 is 2.31 bits per heavy atom. The molecule has 2 nitrogen and oxygen atoms in total. The van der Waals surface area contributed by atoms with Crippen molar-refractivity contribution in [2.45, 2.75) is 12.2 Å². The average Bonchev–Trinajstić information content (AvgIpc) is 2.28. The number of rotatable bonds is 1. The number of nitrogens with zero attached hydrogens (tertiary/aromatic N) is 2. The Kier molecular flexibility index (Phi) is 3.78. The third-order valence-electron chi connectivity index (χ3n) is 2.62. The lowest BCUT2D eigenvalue weighted by molar-refractivity contribution is 0.782. The third-order valence-corrected chi connectivity index (χ3v) is 4.21. The summed E-state index contributed by atoms with van der Waals surface area (Å²) in [6.07, 6.45) is 0. The SMILES string of the molecule is CC1CN(c2cc(Br)cc(C#N)c2)CCS1. The fourth-order valence-electron chi connectivity index (χ4n) is 1.87. The van der Waals surface area contributed by atoms with E-state index in [0.717, 1.165) is 34.6 Å². The van der Waals surface area contributed by atoms with Gasteiger partial charge in [-0.15, -0.1) is 0 Å². The molecular formula is C12H13BrN2S. The van der Waals surface area contributed by atoms with E-state index < -0.39 is 0 Å². The number of hydrogen-bond acceptors (Lipinski definition) is 3. The lowest BCUT2D eigenvalue weighted by Crippen LogP contribution is -2.36. The average molecular weight is 297 g/mol. The lowest BCUT2D eigenvalue weighted by Gasteiger charge is -2.32. The van der Waals surface area contributed by atoms with Crippen molar-refractivity contribution in [2.24, 2.45) is 0 Å². The predicted octanol–water partition coefficient (Wildman–Crippen LogP) is 3.26. The van der Waals surface area contributed by atoms with Gasteiger partial charge in [0.2, 0.25) is 0 Å². The van der Waals surface area contributed by atoms with Crippen LogP contribution in [0.2, 0.25) is 0 Å². The van der Waals surface area contributed by atoms with Crippen LogP contribution in [-0.4, -0.2) is 24.1 Å². The standard InChI is InChI=1S/C12H13BrN2S/c1-9-8-15(2-3-16-9)12-5-10(7-14)4-11(13)6-12/h4-6,9H,2-3,8H2,1H3. The van der Waals surface area contributed by atoms with Gasteiger partial charge in [-0.2, -0.15) is 17.0 Å². The maximum atomic E-state index is 8.94. The zero-order valence-corrected chi connectivity index (χ0v) is 11.5. The smallest absolute Gasteiger partial charge is 0.0992 e. The molecule has 16 heavy (non-hydrogen) atoms. The molecule has 1 unspecified atom stereocenters. The highest BCUT2D eigenvalue weighted by Gasteiger charge is 2.17. The fraction of sp³-hybridized carbons (Fsp3) is 0.417. The maximum absolute atomic E-state index is 8.94. The molecule has 0 amide bonds. The molecule has 0 aliphatic carbocycles. The van der Waals surface area contributed by atoms with E-state index in [1.807, 2.05) is 23.9 Å². The molecule has 84 valence electrons. The van der Waals surface area contributed by atoms with Gasteiger partial charge in [0.25, 0.3) is 0 Å². The number of hydrogen-bond donors (Lipinski definition) is 0. The van der Waals surface area contributed by atoms with Gasteiger partial charge in [0, 0.05) is 34.3 Å². The van der Waals surface area contributed by atoms with Gasteiger partial charge < -0.3 is 4.90 Å². The second-order valence-electron chi connectivity index (χ2n) is 3.94. The van der Waals surface area contributed by atoms with Crippen LogP contribution in [-0.2, 0) is 0 Å². The van der Waals surface area contributed by atoms with E-state index in [1.54, 1.807) is 0 Å². The fourth-order valence-corrected chi connectivity index (χ4v) is 3.37. The second-order valence-corrected chi connectivity index (χ2v) is 6.40. The van der Waals surface area contributed by atoms with Crippen LogP contribution in [0.15, 0.2) is 22.7 Å². The molecule has 0 bridgehead atoms. The molecule has 0 aromatic heterocycles. The molecular weight excluding hydrogens is 284 g/mol. The van der Waals surface area contributed by atoms with Crippen LogP contribution in [0.25, 0.3) is 0 Å². The summed E-state index contributed by atoms with van der Waals surface area (Å²) >= 11 is 5.46. The van der Waals surface area contributed by atoms with Crippen molar-refractivity contribution in [2.75, 3.05) is 23.7 Å². The van der Waals surface area contributed by atoms with Crippen LogP contribution in [0.3, 0.4) is 0 Å². The van der Waals surface area contributed by atoms with E-state index in [4.69, 9.17) is 5.26 Å². The minimum absolute atomic E-state index is 0.665. The van der Waals surface area contributed by atoms with Crippen LogP contribution in [0, 0.1) is 11.3 Å². The van der Waals surface area contributed by atoms with Gasteiger partial charge in [0.1, 0.15) is 0 Å². The largest absolute Gasteiger partial charge is 0.370 e. The molecule has 1 saturated heterocycles. The summed E-state index contributed by atoms with van der Waals surface area (Å²) in [5.74, 6) is 1.16. The summed E-state index contributed by atoms with van der Waals surface area (Å²) in [6.45, 7) is 4.38. The van der Waals surface area contributed by atoms with Crippen LogP contribution in [0.5, 0.6) is 0 Å². The van der Waals surface area contributed by atoms with Crippen molar-refractivity contribution in [3.8, 4) is 6.07 Å². The minimum atomic E-state index is 0.665. The second kappa shape index (κ2) is 5.11. The van der Waals surface area contributed by atoms with Crippen molar-refractivity contribution in [3.05, 3.63) is 28.2 Å². The van der Waals surface area contributed by atoms with Gasteiger partial charge in [-0.05, 0) is 18.2 Å². The van der Waals surface area contributed by atoms with Gasteiger partial charge >= 0.3 is 0 Å². The predicted molar refractivity (Wildman–Crippen MR) is 73.0 cm³/mol. The third kappa shape index (κ3) is 2.72. The normalized spacial score (nSPS) is 20.6. The maximum Gasteiger partial charge on any atom is 0.0992 e. The Morgan fingerprint density at radius 3 is 3.00 bits per heavy atom. The Hall–Kier alpha value is -0.660. The van der Waals surface area contributed by atoms with E-state index in [-0.39, 0.29) is 0 Å². The molecule has 2 rings (SSSR count). The molecule has 4 heteroatoms. The number of benzene rings is 1. The van der Waals surface area contributed by atoms with E-state index in [1.165, 1.54) is 0 Å². The van der Waals surface area contributed by atoms with Crippen molar-refractivity contribution < 1.29 is 0 Å². The van der Waals surface area contributed by atoms with Crippen molar-refractivity contribution >= 4 is 33.4 Å². The van der Waals surface area contributed by atoms with Crippen LogP contribution in [0.4, 0.5) is 5.69 Å². The molecule has 0 N–H and O–H groups in total. The van der Waals surface area contributed by atoms with E-state index in [2.05, 4.69) is 39.9 Å². The lowest BCUT2D eigenvalue weighted by atomic mass is 10.2. The van der Waals surface area contributed by atoms with Crippen LogP contribution < -0.4 is 4.90 Å². The van der Waals surface area contributed by atoms with E-state index in [0.29, 0.717) is 5.25 Å². The number of anilines is 1. The zero-order valence-electron chi connectivity index (χ0n) is 9.11. The first-order valence-electron chi connectivity index (χ1n) is 5.26. The van der Waals surface area contributed by atoms with Crippen molar-refractivity contribution in [1.82, 2.24) is 0 Å². The van der Waals surface area contributed by atoms with Crippen LogP contribution in [0.1, 0.15) is 12.5 Å². The first-order chi connectivity index (χ1) is 7.69. The zero-order chi connectivity index (χ0) is 11.5. The summed E-state index contributed by atoms with van der Waals surface area (Å²) in [5, 5.41) is 9.61. The molecule has 0 saturated carbocycles. The molecule has 1 aromatic rings. The highest BCUT2D eigenvalue weighted by atomic mass is 79.9. The summed E-state index contributed by atoms with van der Waals surface area (Å²) in [5.41, 5.74) is 1.87. The van der Waals surface area contributed by atoms with Gasteiger partial charge in [-0.1, -0.05) is 22.9 Å². The summed E-state index contributed by atoms with van der Waals surface area (Å²) in [6, 6.07) is 8.10. The molecule has 1 aromatic carbocycles. The van der Waals surface area contributed by atoms with Gasteiger partial charge in [-0.25, -0.2) is 0 Å². The molecule has 1 aliphatic heterocycles.